The lowest BCUT2D eigenvalue weighted by Gasteiger charge is -2.15. The Morgan fingerprint density at radius 3 is 3.09 bits per heavy atom. The minimum atomic E-state index is -0.487. The molecule has 6 rings (SSSR count). The van der Waals surface area contributed by atoms with Gasteiger partial charge in [-0.15, -0.1) is 11.3 Å². The number of aromatic nitrogens is 2. The molecule has 8 heteroatoms. The largest absolute Gasteiger partial charge is 0.481 e. The zero-order valence-electron chi connectivity index (χ0n) is 17.5. The summed E-state index contributed by atoms with van der Waals surface area (Å²) in [4.78, 5) is 5.44. The van der Waals surface area contributed by atoms with Gasteiger partial charge < -0.3 is 19.7 Å². The third-order valence-electron chi connectivity index (χ3n) is 6.27. The molecule has 2 atom stereocenters. The highest BCUT2D eigenvalue weighted by Gasteiger charge is 2.34. The van der Waals surface area contributed by atoms with E-state index in [0.29, 0.717) is 17.9 Å². The number of hydrogen-bond donors (Lipinski definition) is 2. The van der Waals surface area contributed by atoms with Crippen molar-refractivity contribution >= 4 is 33.2 Å². The van der Waals surface area contributed by atoms with Crippen molar-refractivity contribution in [2.75, 3.05) is 6.54 Å². The first-order chi connectivity index (χ1) is 15.6. The number of nitrogens with one attached hydrogen (secondary N) is 1. The minimum absolute atomic E-state index is 0.225. The molecule has 0 spiro atoms. The van der Waals surface area contributed by atoms with Crippen LogP contribution in [0.2, 0.25) is 5.02 Å². The average molecular weight is 468 g/mol. The van der Waals surface area contributed by atoms with Crippen molar-refractivity contribution in [3.05, 3.63) is 62.9 Å². The quantitative estimate of drug-likeness (QED) is 0.420. The van der Waals surface area contributed by atoms with Crippen LogP contribution in [0.4, 0.5) is 0 Å². The molecule has 0 fully saturated rings. The van der Waals surface area contributed by atoms with E-state index in [0.717, 1.165) is 74.1 Å². The Labute approximate surface area is 194 Å². The summed E-state index contributed by atoms with van der Waals surface area (Å²) in [5, 5.41) is 18.7. The SMILES string of the molecule is CCC(O)c1cc2nccc(-c3cc(Cl)cc4c3O[C@@H](c3onc5c3CNCC5)C4)c2s1. The first-order valence-electron chi connectivity index (χ1n) is 10.9. The number of fused-ring (bicyclic) bond motifs is 3. The molecule has 2 aliphatic heterocycles. The lowest BCUT2D eigenvalue weighted by atomic mass is 9.99. The van der Waals surface area contributed by atoms with Crippen LogP contribution in [0.3, 0.4) is 0 Å². The van der Waals surface area contributed by atoms with Crippen molar-refractivity contribution in [2.24, 2.45) is 0 Å². The molecule has 5 heterocycles. The number of rotatable bonds is 4. The lowest BCUT2D eigenvalue weighted by Crippen LogP contribution is -2.24. The van der Waals surface area contributed by atoms with Gasteiger partial charge in [0.05, 0.1) is 22.0 Å². The predicted molar refractivity (Wildman–Crippen MR) is 124 cm³/mol. The highest BCUT2D eigenvalue weighted by molar-refractivity contribution is 7.19. The number of ether oxygens (including phenoxy) is 1. The van der Waals surface area contributed by atoms with Crippen molar-refractivity contribution in [1.82, 2.24) is 15.5 Å². The van der Waals surface area contributed by atoms with Crippen LogP contribution in [0.1, 0.15) is 53.0 Å². The van der Waals surface area contributed by atoms with Gasteiger partial charge in [-0.3, -0.25) is 4.98 Å². The molecule has 1 unspecified atom stereocenters. The van der Waals surface area contributed by atoms with Crippen molar-refractivity contribution in [3.63, 3.8) is 0 Å². The third kappa shape index (κ3) is 3.23. The summed E-state index contributed by atoms with van der Waals surface area (Å²) in [6, 6.07) is 7.88. The molecule has 0 bridgehead atoms. The maximum absolute atomic E-state index is 10.3. The fourth-order valence-electron chi connectivity index (χ4n) is 4.62. The Kier molecular flexibility index (Phi) is 4.95. The third-order valence-corrected chi connectivity index (χ3v) is 7.74. The number of benzene rings is 1. The molecular formula is C24H22ClN3O3S. The zero-order valence-corrected chi connectivity index (χ0v) is 19.1. The van der Waals surface area contributed by atoms with Crippen LogP contribution in [0.25, 0.3) is 21.3 Å². The molecule has 2 N–H and O–H groups in total. The van der Waals surface area contributed by atoms with Gasteiger partial charge in [0.2, 0.25) is 0 Å². The first-order valence-corrected chi connectivity index (χ1v) is 12.1. The highest BCUT2D eigenvalue weighted by atomic mass is 35.5. The van der Waals surface area contributed by atoms with Crippen LogP contribution in [0, 0.1) is 0 Å². The normalized spacial score (nSPS) is 18.4. The summed E-state index contributed by atoms with van der Waals surface area (Å²) in [5.41, 5.74) is 6.01. The van der Waals surface area contributed by atoms with Gasteiger partial charge in [0.25, 0.3) is 0 Å². The molecule has 6 nitrogen and oxygen atoms in total. The van der Waals surface area contributed by atoms with E-state index in [1.165, 1.54) is 0 Å². The number of aliphatic hydroxyl groups excluding tert-OH is 1. The second-order valence-corrected chi connectivity index (χ2v) is 9.82. The van der Waals surface area contributed by atoms with E-state index >= 15 is 0 Å². The van der Waals surface area contributed by atoms with Crippen LogP contribution >= 0.6 is 22.9 Å². The van der Waals surface area contributed by atoms with Gasteiger partial charge in [0.15, 0.2) is 11.9 Å². The number of pyridine rings is 1. The monoisotopic (exact) mass is 467 g/mol. The maximum Gasteiger partial charge on any atom is 0.182 e. The van der Waals surface area contributed by atoms with Crippen LogP contribution in [-0.4, -0.2) is 21.8 Å². The van der Waals surface area contributed by atoms with Crippen LogP contribution in [0.15, 0.2) is 35.0 Å². The van der Waals surface area contributed by atoms with E-state index < -0.39 is 6.10 Å². The molecule has 0 radical (unpaired) electrons. The van der Waals surface area contributed by atoms with E-state index in [1.807, 2.05) is 31.2 Å². The van der Waals surface area contributed by atoms with Gasteiger partial charge in [-0.2, -0.15) is 0 Å². The van der Waals surface area contributed by atoms with Crippen molar-refractivity contribution in [2.45, 2.75) is 44.9 Å². The smallest absolute Gasteiger partial charge is 0.182 e. The van der Waals surface area contributed by atoms with Crippen LogP contribution < -0.4 is 10.1 Å². The fourth-order valence-corrected chi connectivity index (χ4v) is 6.07. The molecule has 32 heavy (non-hydrogen) atoms. The Morgan fingerprint density at radius 2 is 2.22 bits per heavy atom. The molecule has 4 aromatic rings. The molecule has 1 aromatic carbocycles. The molecule has 0 aliphatic carbocycles. The molecule has 0 saturated carbocycles. The van der Waals surface area contributed by atoms with Gasteiger partial charge in [-0.05, 0) is 30.7 Å². The number of aliphatic hydroxyl groups is 1. The summed E-state index contributed by atoms with van der Waals surface area (Å²) in [6.45, 7) is 3.64. The fraction of sp³-hybridized carbons (Fsp3) is 0.333. The second kappa shape index (κ2) is 7.85. The highest BCUT2D eigenvalue weighted by Crippen LogP contribution is 2.48. The van der Waals surface area contributed by atoms with Crippen molar-refractivity contribution in [1.29, 1.82) is 0 Å². The Hall–Kier alpha value is -2.45. The van der Waals surface area contributed by atoms with E-state index in [9.17, 15) is 5.11 Å². The van der Waals surface area contributed by atoms with Gasteiger partial charge in [0.1, 0.15) is 5.75 Å². The van der Waals surface area contributed by atoms with Crippen LogP contribution in [-0.2, 0) is 19.4 Å². The van der Waals surface area contributed by atoms with Gasteiger partial charge >= 0.3 is 0 Å². The van der Waals surface area contributed by atoms with E-state index in [-0.39, 0.29) is 6.10 Å². The average Bonchev–Trinajstić information content (AvgIpc) is 3.53. The summed E-state index contributed by atoms with van der Waals surface area (Å²) in [5.74, 6) is 1.63. The molecule has 0 amide bonds. The van der Waals surface area contributed by atoms with Crippen molar-refractivity contribution in [3.8, 4) is 16.9 Å². The van der Waals surface area contributed by atoms with E-state index in [1.54, 1.807) is 17.5 Å². The number of thiophene rings is 1. The number of hydrogen-bond acceptors (Lipinski definition) is 7. The van der Waals surface area contributed by atoms with Gasteiger partial charge in [0, 0.05) is 64.3 Å². The summed E-state index contributed by atoms with van der Waals surface area (Å²) in [7, 11) is 0. The molecule has 0 saturated heterocycles. The van der Waals surface area contributed by atoms with Crippen LogP contribution in [0.5, 0.6) is 5.75 Å². The Balaban J connectivity index is 1.44. The summed E-state index contributed by atoms with van der Waals surface area (Å²) >= 11 is 8.11. The minimum Gasteiger partial charge on any atom is -0.481 e. The standard InChI is InChI=1S/C24H22ClN3O3S/c1-2-19(29)21-10-18-24(32-21)14(3-6-27-18)15-9-13(25)7-12-8-20(30-22(12)15)23-16-11-26-5-4-17(16)28-31-23/h3,6-7,9-10,19-20,26,29H,2,4-5,8,11H2,1H3/t19?,20-/m1/s1. The summed E-state index contributed by atoms with van der Waals surface area (Å²) < 4.78 is 13.3. The molecule has 2 aliphatic rings. The zero-order chi connectivity index (χ0) is 21.8. The maximum atomic E-state index is 10.3. The Morgan fingerprint density at radius 1 is 1.31 bits per heavy atom. The Bertz CT molecular complexity index is 1330. The number of nitrogens with zero attached hydrogens (tertiary/aromatic N) is 2. The van der Waals surface area contributed by atoms with E-state index in [2.05, 4.69) is 15.5 Å². The summed E-state index contributed by atoms with van der Waals surface area (Å²) in [6.07, 6.45) is 3.30. The van der Waals surface area contributed by atoms with Gasteiger partial charge in [-0.1, -0.05) is 23.7 Å². The molecular weight excluding hydrogens is 446 g/mol. The number of halogens is 1. The lowest BCUT2D eigenvalue weighted by molar-refractivity contribution is 0.177. The van der Waals surface area contributed by atoms with E-state index in [4.69, 9.17) is 20.9 Å². The first kappa shape index (κ1) is 20.2. The molecule has 164 valence electrons. The predicted octanol–water partition coefficient (Wildman–Crippen LogP) is 5.37. The molecule has 3 aromatic heterocycles. The second-order valence-electron chi connectivity index (χ2n) is 8.30. The van der Waals surface area contributed by atoms with Crippen molar-refractivity contribution < 1.29 is 14.4 Å². The van der Waals surface area contributed by atoms with Gasteiger partial charge in [-0.25, -0.2) is 0 Å². The topological polar surface area (TPSA) is 80.4 Å².